The molecule has 0 aromatic heterocycles. The van der Waals surface area contributed by atoms with E-state index in [1.54, 1.807) is 0 Å². The Morgan fingerprint density at radius 1 is 1.24 bits per heavy atom. The van der Waals surface area contributed by atoms with Gasteiger partial charge in [0.15, 0.2) is 0 Å². The summed E-state index contributed by atoms with van der Waals surface area (Å²) < 4.78 is 0. The van der Waals surface area contributed by atoms with Crippen molar-refractivity contribution < 1.29 is 4.79 Å². The molecule has 21 heavy (non-hydrogen) atoms. The van der Waals surface area contributed by atoms with Crippen molar-refractivity contribution in [2.45, 2.75) is 57.5 Å². The molecule has 114 valence electrons. The van der Waals surface area contributed by atoms with Gasteiger partial charge >= 0.3 is 0 Å². The predicted octanol–water partition coefficient (Wildman–Crippen LogP) is 3.05. The molecule has 1 aliphatic carbocycles. The first kappa shape index (κ1) is 14.6. The molecule has 0 saturated carbocycles. The van der Waals surface area contributed by atoms with Crippen LogP contribution in [-0.4, -0.2) is 29.9 Å². The number of benzene rings is 1. The third-order valence-electron chi connectivity index (χ3n) is 4.99. The number of fused-ring (bicyclic) bond motifs is 1. The van der Waals surface area contributed by atoms with Gasteiger partial charge in [0.2, 0.25) is 5.91 Å². The number of hydrogen-bond acceptors (Lipinski definition) is 2. The van der Waals surface area contributed by atoms with Crippen molar-refractivity contribution in [1.82, 2.24) is 10.2 Å². The van der Waals surface area contributed by atoms with Gasteiger partial charge in [-0.15, -0.1) is 0 Å². The number of carbonyl (C=O) groups excluding carboxylic acids is 1. The summed E-state index contributed by atoms with van der Waals surface area (Å²) in [6.07, 6.45) is 7.13. The third kappa shape index (κ3) is 3.46. The molecule has 0 unspecified atom stereocenters. The maximum atomic E-state index is 12.4. The van der Waals surface area contributed by atoms with Gasteiger partial charge in [-0.05, 0) is 56.7 Å². The molecule has 1 aromatic carbocycles. The molecule has 1 amide bonds. The van der Waals surface area contributed by atoms with Gasteiger partial charge in [-0.3, -0.25) is 9.69 Å². The van der Waals surface area contributed by atoms with Gasteiger partial charge in [-0.1, -0.05) is 30.7 Å². The van der Waals surface area contributed by atoms with Crippen LogP contribution in [0, 0.1) is 0 Å². The molecule has 3 rings (SSSR count). The molecule has 2 atom stereocenters. The Balaban J connectivity index is 1.60. The van der Waals surface area contributed by atoms with E-state index in [9.17, 15) is 4.79 Å². The summed E-state index contributed by atoms with van der Waals surface area (Å²) in [5.41, 5.74) is 2.73. The number of aryl methyl sites for hydroxylation is 1. The van der Waals surface area contributed by atoms with E-state index < -0.39 is 0 Å². The fourth-order valence-corrected chi connectivity index (χ4v) is 3.72. The molecule has 3 heteroatoms. The standard InChI is InChI=1S/C18H26N2O/c1-14-7-4-5-12-20(14)13-18(21)19-17-11-6-9-15-8-2-3-10-16(15)17/h2-3,8,10,14,17H,4-7,9,11-13H2,1H3,(H,19,21)/t14-,17+/m0/s1. The smallest absolute Gasteiger partial charge is 0.234 e. The van der Waals surface area contributed by atoms with Gasteiger partial charge in [0.1, 0.15) is 0 Å². The van der Waals surface area contributed by atoms with E-state index in [1.165, 1.54) is 36.8 Å². The monoisotopic (exact) mass is 286 g/mol. The van der Waals surface area contributed by atoms with Crippen LogP contribution in [0.15, 0.2) is 24.3 Å². The van der Waals surface area contributed by atoms with E-state index >= 15 is 0 Å². The van der Waals surface area contributed by atoms with Gasteiger partial charge in [-0.25, -0.2) is 0 Å². The summed E-state index contributed by atoms with van der Waals surface area (Å²) in [5.74, 6) is 0.186. The van der Waals surface area contributed by atoms with Crippen molar-refractivity contribution in [3.8, 4) is 0 Å². The Kier molecular flexibility index (Phi) is 4.59. The molecule has 1 heterocycles. The van der Waals surface area contributed by atoms with Crippen LogP contribution in [0.2, 0.25) is 0 Å². The predicted molar refractivity (Wildman–Crippen MR) is 85.1 cm³/mol. The number of amides is 1. The molecular weight excluding hydrogens is 260 g/mol. The lowest BCUT2D eigenvalue weighted by Crippen LogP contribution is -2.45. The second-order valence-electron chi connectivity index (χ2n) is 6.53. The minimum Gasteiger partial charge on any atom is -0.348 e. The summed E-state index contributed by atoms with van der Waals surface area (Å²) in [6.45, 7) is 3.86. The van der Waals surface area contributed by atoms with E-state index in [0.717, 1.165) is 19.4 Å². The van der Waals surface area contributed by atoms with Gasteiger partial charge in [-0.2, -0.15) is 0 Å². The highest BCUT2D eigenvalue weighted by Crippen LogP contribution is 2.29. The van der Waals surface area contributed by atoms with Crippen LogP contribution in [-0.2, 0) is 11.2 Å². The van der Waals surface area contributed by atoms with Gasteiger partial charge in [0.25, 0.3) is 0 Å². The van der Waals surface area contributed by atoms with Crippen LogP contribution >= 0.6 is 0 Å². The summed E-state index contributed by atoms with van der Waals surface area (Å²) in [5, 5.41) is 3.26. The van der Waals surface area contributed by atoms with Gasteiger partial charge in [0.05, 0.1) is 12.6 Å². The topological polar surface area (TPSA) is 32.3 Å². The molecule has 3 nitrogen and oxygen atoms in total. The second kappa shape index (κ2) is 6.61. The number of hydrogen-bond donors (Lipinski definition) is 1. The van der Waals surface area contributed by atoms with Crippen LogP contribution < -0.4 is 5.32 Å². The van der Waals surface area contributed by atoms with E-state index in [0.29, 0.717) is 12.6 Å². The fourth-order valence-electron chi connectivity index (χ4n) is 3.72. The second-order valence-corrected chi connectivity index (χ2v) is 6.53. The zero-order chi connectivity index (χ0) is 14.7. The highest BCUT2D eigenvalue weighted by Gasteiger charge is 2.24. The first-order valence-electron chi connectivity index (χ1n) is 8.35. The lowest BCUT2D eigenvalue weighted by molar-refractivity contribution is -0.123. The fraction of sp³-hybridized carbons (Fsp3) is 0.611. The molecule has 0 spiro atoms. The number of carbonyl (C=O) groups is 1. The number of nitrogens with one attached hydrogen (secondary N) is 1. The van der Waals surface area contributed by atoms with Crippen LogP contribution in [0.25, 0.3) is 0 Å². The van der Waals surface area contributed by atoms with Crippen LogP contribution in [0.5, 0.6) is 0 Å². The van der Waals surface area contributed by atoms with Crippen LogP contribution in [0.4, 0.5) is 0 Å². The quantitative estimate of drug-likeness (QED) is 0.926. The number of likely N-dealkylation sites (tertiary alicyclic amines) is 1. The third-order valence-corrected chi connectivity index (χ3v) is 4.99. The molecule has 0 bridgehead atoms. The largest absolute Gasteiger partial charge is 0.348 e. The molecule has 1 aromatic rings. The number of rotatable bonds is 3. The van der Waals surface area contributed by atoms with E-state index in [4.69, 9.17) is 0 Å². The summed E-state index contributed by atoms with van der Waals surface area (Å²) >= 11 is 0. The Bertz CT molecular complexity index is 500. The molecule has 1 saturated heterocycles. The summed E-state index contributed by atoms with van der Waals surface area (Å²) in [7, 11) is 0. The van der Waals surface area contributed by atoms with E-state index in [2.05, 4.69) is 41.4 Å². The minimum atomic E-state index is 0.186. The highest BCUT2D eigenvalue weighted by atomic mass is 16.2. The Morgan fingerprint density at radius 3 is 2.95 bits per heavy atom. The van der Waals surface area contributed by atoms with Crippen molar-refractivity contribution in [3.63, 3.8) is 0 Å². The Labute approximate surface area is 127 Å². The summed E-state index contributed by atoms with van der Waals surface area (Å²) in [6, 6.07) is 9.29. The van der Waals surface area contributed by atoms with Crippen LogP contribution in [0.1, 0.15) is 56.2 Å². The zero-order valence-corrected chi connectivity index (χ0v) is 13.0. The summed E-state index contributed by atoms with van der Waals surface area (Å²) in [4.78, 5) is 14.7. The van der Waals surface area contributed by atoms with Crippen molar-refractivity contribution in [3.05, 3.63) is 35.4 Å². The van der Waals surface area contributed by atoms with Crippen LogP contribution in [0.3, 0.4) is 0 Å². The number of piperidine rings is 1. The first-order chi connectivity index (χ1) is 10.2. The van der Waals surface area contributed by atoms with Gasteiger partial charge < -0.3 is 5.32 Å². The first-order valence-corrected chi connectivity index (χ1v) is 8.35. The van der Waals surface area contributed by atoms with Crippen molar-refractivity contribution >= 4 is 5.91 Å². The lowest BCUT2D eigenvalue weighted by atomic mass is 9.88. The van der Waals surface area contributed by atoms with Crippen molar-refractivity contribution in [2.24, 2.45) is 0 Å². The van der Waals surface area contributed by atoms with Crippen molar-refractivity contribution in [2.75, 3.05) is 13.1 Å². The molecule has 1 aliphatic heterocycles. The maximum Gasteiger partial charge on any atom is 0.234 e. The molecule has 2 aliphatic rings. The Hall–Kier alpha value is -1.35. The molecule has 1 N–H and O–H groups in total. The zero-order valence-electron chi connectivity index (χ0n) is 13.0. The lowest BCUT2D eigenvalue weighted by Gasteiger charge is -2.33. The van der Waals surface area contributed by atoms with Gasteiger partial charge in [0, 0.05) is 6.04 Å². The minimum absolute atomic E-state index is 0.186. The number of nitrogens with zero attached hydrogens (tertiary/aromatic N) is 1. The van der Waals surface area contributed by atoms with Crippen molar-refractivity contribution in [1.29, 1.82) is 0 Å². The van der Waals surface area contributed by atoms with E-state index in [1.807, 2.05) is 0 Å². The normalized spacial score (nSPS) is 26.1. The SMILES string of the molecule is C[C@H]1CCCCN1CC(=O)N[C@@H]1CCCc2ccccc21. The average molecular weight is 286 g/mol. The highest BCUT2D eigenvalue weighted by molar-refractivity contribution is 5.78. The Morgan fingerprint density at radius 2 is 2.10 bits per heavy atom. The molecule has 1 fully saturated rings. The molecular formula is C18H26N2O. The molecule has 0 radical (unpaired) electrons. The van der Waals surface area contributed by atoms with E-state index in [-0.39, 0.29) is 11.9 Å². The average Bonchev–Trinajstić information content (AvgIpc) is 2.50. The maximum absolute atomic E-state index is 12.4.